The van der Waals surface area contributed by atoms with Crippen molar-refractivity contribution in [1.82, 2.24) is 0 Å². The Bertz CT molecular complexity index is 356. The maximum absolute atomic E-state index is 6.25. The molecule has 0 spiro atoms. The summed E-state index contributed by atoms with van der Waals surface area (Å²) in [6.45, 7) is 0. The summed E-state index contributed by atoms with van der Waals surface area (Å²) in [6, 6.07) is 1.98. The molecule has 0 amide bonds. The molecule has 0 aromatic carbocycles. The summed E-state index contributed by atoms with van der Waals surface area (Å²) in [5, 5.41) is 0. The van der Waals surface area contributed by atoms with Gasteiger partial charge in [0, 0.05) is 6.04 Å². The lowest BCUT2D eigenvalue weighted by molar-refractivity contribution is 0.393. The highest BCUT2D eigenvalue weighted by Gasteiger charge is 2.19. The maximum Gasteiger partial charge on any atom is 0.0991 e. The quantitative estimate of drug-likeness (QED) is 0.740. The van der Waals surface area contributed by atoms with E-state index in [0.717, 1.165) is 26.6 Å². The first-order valence-corrected chi connectivity index (χ1v) is 7.94. The molecule has 1 atom stereocenters. The lowest BCUT2D eigenvalue weighted by Crippen LogP contribution is -2.15. The summed E-state index contributed by atoms with van der Waals surface area (Å²) in [4.78, 5) is 0. The Morgan fingerprint density at radius 2 is 1.88 bits per heavy atom. The fourth-order valence-electron chi connectivity index (χ4n) is 2.69. The zero-order valence-electron chi connectivity index (χ0n) is 9.92. The van der Waals surface area contributed by atoms with E-state index >= 15 is 0 Å². The van der Waals surface area contributed by atoms with E-state index in [0.29, 0.717) is 0 Å². The molecule has 2 N–H and O–H groups in total. The van der Waals surface area contributed by atoms with Gasteiger partial charge in [0.25, 0.3) is 0 Å². The summed E-state index contributed by atoms with van der Waals surface area (Å²) >= 11 is 13.5. The number of thiophene rings is 1. The first-order chi connectivity index (χ1) is 8.16. The van der Waals surface area contributed by atoms with Crippen LogP contribution in [-0.2, 0) is 0 Å². The van der Waals surface area contributed by atoms with Crippen LogP contribution in [0, 0.1) is 5.92 Å². The van der Waals surface area contributed by atoms with Crippen molar-refractivity contribution in [1.29, 1.82) is 0 Å². The third kappa shape index (κ3) is 3.85. The molecule has 0 aliphatic heterocycles. The Morgan fingerprint density at radius 3 is 2.41 bits per heavy atom. The second-order valence-electron chi connectivity index (χ2n) is 4.98. The van der Waals surface area contributed by atoms with Gasteiger partial charge in [0.1, 0.15) is 0 Å². The minimum atomic E-state index is 0.0503. The van der Waals surface area contributed by atoms with E-state index in [4.69, 9.17) is 28.9 Å². The third-order valence-electron chi connectivity index (χ3n) is 3.64. The topological polar surface area (TPSA) is 26.0 Å². The SMILES string of the molecule is NC(CC1CCCCCC1)c1cc(Cl)sc1Cl. The molecule has 1 aromatic heterocycles. The van der Waals surface area contributed by atoms with Crippen LogP contribution < -0.4 is 5.73 Å². The molecule has 1 aliphatic rings. The Hall–Kier alpha value is 0.240. The van der Waals surface area contributed by atoms with Crippen LogP contribution in [0.25, 0.3) is 0 Å². The maximum atomic E-state index is 6.25. The van der Waals surface area contributed by atoms with Gasteiger partial charge in [-0.25, -0.2) is 0 Å². The van der Waals surface area contributed by atoms with E-state index in [1.807, 2.05) is 6.07 Å². The van der Waals surface area contributed by atoms with Gasteiger partial charge in [-0.3, -0.25) is 0 Å². The van der Waals surface area contributed by atoms with Crippen LogP contribution >= 0.6 is 34.5 Å². The molecular weight excluding hydrogens is 273 g/mol. The second kappa shape index (κ2) is 6.42. The molecule has 1 fully saturated rings. The van der Waals surface area contributed by atoms with Crippen molar-refractivity contribution in [3.63, 3.8) is 0 Å². The van der Waals surface area contributed by atoms with Gasteiger partial charge in [0.05, 0.1) is 8.67 Å². The van der Waals surface area contributed by atoms with Crippen LogP contribution in [0.15, 0.2) is 6.07 Å². The number of nitrogens with two attached hydrogens (primary N) is 1. The van der Waals surface area contributed by atoms with E-state index in [2.05, 4.69) is 0 Å². The fourth-order valence-corrected chi connectivity index (χ4v) is 4.29. The predicted molar refractivity (Wildman–Crippen MR) is 77.1 cm³/mol. The largest absolute Gasteiger partial charge is 0.324 e. The van der Waals surface area contributed by atoms with Gasteiger partial charge < -0.3 is 5.73 Å². The summed E-state index contributed by atoms with van der Waals surface area (Å²) in [5.41, 5.74) is 7.29. The molecule has 1 aromatic rings. The van der Waals surface area contributed by atoms with E-state index in [1.54, 1.807) is 0 Å². The van der Waals surface area contributed by atoms with Gasteiger partial charge in [-0.15, -0.1) is 11.3 Å². The Labute approximate surface area is 117 Å². The first kappa shape index (κ1) is 13.7. The first-order valence-electron chi connectivity index (χ1n) is 6.37. The minimum absolute atomic E-state index is 0.0503. The molecule has 1 nitrogen and oxygen atoms in total. The number of hydrogen-bond acceptors (Lipinski definition) is 2. The molecule has 0 radical (unpaired) electrons. The highest BCUT2D eigenvalue weighted by molar-refractivity contribution is 7.20. The fraction of sp³-hybridized carbons (Fsp3) is 0.692. The van der Waals surface area contributed by atoms with Crippen LogP contribution in [0.5, 0.6) is 0 Å². The van der Waals surface area contributed by atoms with Gasteiger partial charge in [0.15, 0.2) is 0 Å². The standard InChI is InChI=1S/C13H19Cl2NS/c14-12-8-10(13(15)17-12)11(16)7-9-5-3-1-2-4-6-9/h8-9,11H,1-7,16H2. The third-order valence-corrected chi connectivity index (χ3v) is 5.16. The summed E-state index contributed by atoms with van der Waals surface area (Å²) in [7, 11) is 0. The van der Waals surface area contributed by atoms with Crippen LogP contribution in [0.1, 0.15) is 56.6 Å². The number of halogens is 2. The van der Waals surface area contributed by atoms with Crippen LogP contribution in [-0.4, -0.2) is 0 Å². The second-order valence-corrected chi connectivity index (χ2v) is 7.26. The zero-order chi connectivity index (χ0) is 12.3. The number of rotatable bonds is 3. The molecular formula is C13H19Cl2NS. The van der Waals surface area contributed by atoms with Gasteiger partial charge in [-0.2, -0.15) is 0 Å². The molecule has 1 unspecified atom stereocenters. The van der Waals surface area contributed by atoms with Gasteiger partial charge in [0.2, 0.25) is 0 Å². The molecule has 2 rings (SSSR count). The molecule has 4 heteroatoms. The lowest BCUT2D eigenvalue weighted by atomic mass is 9.91. The van der Waals surface area contributed by atoms with E-state index in [9.17, 15) is 0 Å². The molecule has 0 bridgehead atoms. The average molecular weight is 292 g/mol. The van der Waals surface area contributed by atoms with Crippen LogP contribution in [0.4, 0.5) is 0 Å². The Kier molecular flexibility index (Phi) is 5.16. The van der Waals surface area contributed by atoms with Crippen molar-refractivity contribution < 1.29 is 0 Å². The minimum Gasteiger partial charge on any atom is -0.324 e. The zero-order valence-corrected chi connectivity index (χ0v) is 12.3. The molecule has 0 saturated heterocycles. The van der Waals surface area contributed by atoms with Gasteiger partial charge in [-0.05, 0) is 24.0 Å². The lowest BCUT2D eigenvalue weighted by Gasteiger charge is -2.19. The smallest absolute Gasteiger partial charge is 0.0991 e. The van der Waals surface area contributed by atoms with Gasteiger partial charge >= 0.3 is 0 Å². The van der Waals surface area contributed by atoms with Crippen molar-refractivity contribution in [2.45, 2.75) is 51.0 Å². The summed E-state index contributed by atoms with van der Waals surface area (Å²) in [5.74, 6) is 0.766. The predicted octanol–water partition coefficient (Wildman–Crippen LogP) is 5.42. The van der Waals surface area contributed by atoms with Crippen LogP contribution in [0.2, 0.25) is 8.67 Å². The monoisotopic (exact) mass is 291 g/mol. The molecule has 1 aliphatic carbocycles. The number of hydrogen-bond donors (Lipinski definition) is 1. The highest BCUT2D eigenvalue weighted by atomic mass is 35.5. The summed E-state index contributed by atoms with van der Waals surface area (Å²) in [6.07, 6.45) is 9.18. The Morgan fingerprint density at radius 1 is 1.24 bits per heavy atom. The molecule has 1 heterocycles. The molecule has 96 valence electrons. The summed E-state index contributed by atoms with van der Waals surface area (Å²) < 4.78 is 1.50. The van der Waals surface area contributed by atoms with E-state index in [1.165, 1.54) is 49.9 Å². The Balaban J connectivity index is 1.95. The molecule has 17 heavy (non-hydrogen) atoms. The van der Waals surface area contributed by atoms with Crippen molar-refractivity contribution in [3.05, 3.63) is 20.3 Å². The van der Waals surface area contributed by atoms with Crippen molar-refractivity contribution in [3.8, 4) is 0 Å². The van der Waals surface area contributed by atoms with E-state index < -0.39 is 0 Å². The van der Waals surface area contributed by atoms with Crippen molar-refractivity contribution >= 4 is 34.5 Å². The van der Waals surface area contributed by atoms with Crippen molar-refractivity contribution in [2.75, 3.05) is 0 Å². The van der Waals surface area contributed by atoms with Crippen LogP contribution in [0.3, 0.4) is 0 Å². The van der Waals surface area contributed by atoms with E-state index in [-0.39, 0.29) is 6.04 Å². The van der Waals surface area contributed by atoms with Gasteiger partial charge in [-0.1, -0.05) is 61.7 Å². The van der Waals surface area contributed by atoms with Crippen molar-refractivity contribution in [2.24, 2.45) is 11.7 Å². The normalized spacial score (nSPS) is 20.2. The average Bonchev–Trinajstić information content (AvgIpc) is 2.51. The molecule has 1 saturated carbocycles. The highest BCUT2D eigenvalue weighted by Crippen LogP contribution is 2.37.